The molecule has 10 heteroatoms. The second kappa shape index (κ2) is 16.1. The highest BCUT2D eigenvalue weighted by Crippen LogP contribution is 2.37. The molecule has 1 fully saturated rings. The van der Waals surface area contributed by atoms with Crippen LogP contribution in [0.2, 0.25) is 0 Å². The average Bonchev–Trinajstić information content (AvgIpc) is 3.80. The maximum Gasteiger partial charge on any atom is 0.405 e. The lowest BCUT2D eigenvalue weighted by molar-refractivity contribution is -0.118. The first kappa shape index (κ1) is 35.1. The molecule has 0 saturated carbocycles. The van der Waals surface area contributed by atoms with Crippen LogP contribution in [0.4, 0.5) is 4.79 Å². The Hall–Kier alpha value is -3.34. The van der Waals surface area contributed by atoms with Crippen LogP contribution in [0, 0.1) is 17.8 Å². The van der Waals surface area contributed by atoms with Gasteiger partial charge in [-0.25, -0.2) is 4.79 Å². The van der Waals surface area contributed by atoms with Crippen LogP contribution in [0.3, 0.4) is 0 Å². The number of amides is 1. The molecule has 2 aliphatic carbocycles. The van der Waals surface area contributed by atoms with Crippen molar-refractivity contribution in [3.8, 4) is 0 Å². The number of Topliss-reactive ketones (excluding diaryl/α,β-unsaturated/α-hetero) is 2. The van der Waals surface area contributed by atoms with Gasteiger partial charge in [0, 0.05) is 44.2 Å². The summed E-state index contributed by atoms with van der Waals surface area (Å²) >= 11 is 0. The van der Waals surface area contributed by atoms with Crippen molar-refractivity contribution in [1.29, 1.82) is 0 Å². The fraction of sp³-hybridized carbons (Fsp3) is 0.588. The molecule has 0 aromatic heterocycles. The van der Waals surface area contributed by atoms with Gasteiger partial charge in [-0.1, -0.05) is 45.1 Å². The zero-order chi connectivity index (χ0) is 32.6. The average molecular weight is 613 g/mol. The predicted molar refractivity (Wildman–Crippen MR) is 167 cm³/mol. The Labute approximate surface area is 260 Å². The number of methoxy groups -OCH3 is 2. The van der Waals surface area contributed by atoms with Crippen LogP contribution in [-0.2, 0) is 33.3 Å². The summed E-state index contributed by atoms with van der Waals surface area (Å²) < 4.78 is 23.0. The highest BCUT2D eigenvalue weighted by atomic mass is 16.6. The van der Waals surface area contributed by atoms with Crippen molar-refractivity contribution in [3.05, 3.63) is 58.4 Å². The monoisotopic (exact) mass is 612 g/mol. The van der Waals surface area contributed by atoms with Gasteiger partial charge in [-0.2, -0.15) is 0 Å². The van der Waals surface area contributed by atoms with Crippen LogP contribution in [-0.4, -0.2) is 75.2 Å². The number of carbonyl (C=O) groups excluding carboxylic acids is 4. The third-order valence-corrected chi connectivity index (χ3v) is 8.51. The van der Waals surface area contributed by atoms with Crippen molar-refractivity contribution in [2.75, 3.05) is 27.4 Å². The van der Waals surface area contributed by atoms with Gasteiger partial charge in [-0.15, -0.1) is 0 Å². The fourth-order valence-electron chi connectivity index (χ4n) is 6.14. The van der Waals surface area contributed by atoms with Gasteiger partial charge in [0.1, 0.15) is 6.10 Å². The lowest BCUT2D eigenvalue weighted by Crippen LogP contribution is -2.36. The van der Waals surface area contributed by atoms with Crippen molar-refractivity contribution in [2.24, 2.45) is 23.5 Å². The van der Waals surface area contributed by atoms with Crippen molar-refractivity contribution in [3.63, 3.8) is 0 Å². The van der Waals surface area contributed by atoms with E-state index in [4.69, 9.17) is 24.7 Å². The lowest BCUT2D eigenvalue weighted by Gasteiger charge is -2.32. The van der Waals surface area contributed by atoms with Crippen molar-refractivity contribution in [1.82, 2.24) is 5.32 Å². The number of primary amides is 1. The molecule has 10 nitrogen and oxygen atoms in total. The molecule has 1 heterocycles. The minimum atomic E-state index is -0.933. The zero-order valence-corrected chi connectivity index (χ0v) is 27.0. The Morgan fingerprint density at radius 2 is 1.84 bits per heavy atom. The van der Waals surface area contributed by atoms with Crippen LogP contribution in [0.25, 0.3) is 0 Å². The number of allylic oxidation sites excluding steroid dienone is 7. The third-order valence-electron chi connectivity index (χ3n) is 8.51. The molecule has 0 aromatic rings. The summed E-state index contributed by atoms with van der Waals surface area (Å²) in [6.07, 6.45) is 7.15. The van der Waals surface area contributed by atoms with Gasteiger partial charge in [-0.3, -0.25) is 14.4 Å². The number of ether oxygens (including phenoxy) is 4. The molecule has 3 aliphatic rings. The molecule has 3 N–H and O–H groups in total. The summed E-state index contributed by atoms with van der Waals surface area (Å²) in [4.78, 5) is 52.1. The van der Waals surface area contributed by atoms with Crippen molar-refractivity contribution >= 4 is 23.4 Å². The van der Waals surface area contributed by atoms with E-state index in [-0.39, 0.29) is 59.3 Å². The van der Waals surface area contributed by atoms with E-state index >= 15 is 0 Å². The molecule has 44 heavy (non-hydrogen) atoms. The Morgan fingerprint density at radius 3 is 2.43 bits per heavy atom. The normalized spacial score (nSPS) is 33.9. The number of fused-ring (bicyclic) bond motifs is 2. The third kappa shape index (κ3) is 9.09. The molecule has 0 aromatic carbocycles. The van der Waals surface area contributed by atoms with Gasteiger partial charge in [0.2, 0.25) is 5.78 Å². The number of nitrogens with one attached hydrogen (secondary N) is 1. The SMILES string of the molecule is CCCNC1=C2C[C@@H](C)C[C@H](OC)[C@H](C3CO3)[C@@H](C)/C=C(\C)[C@H](OC(N)=O)[C@@H](OC)/C=C\C=C(/C)C(=O)CC(=CC1=O)C2=O. The Balaban J connectivity index is 2.10. The van der Waals surface area contributed by atoms with Crippen LogP contribution in [0.5, 0.6) is 0 Å². The zero-order valence-electron chi connectivity index (χ0n) is 27.0. The number of hydrogen-bond donors (Lipinski definition) is 2. The molecule has 1 saturated heterocycles. The highest BCUT2D eigenvalue weighted by Gasteiger charge is 2.42. The van der Waals surface area contributed by atoms with E-state index in [1.165, 1.54) is 13.2 Å². The highest BCUT2D eigenvalue weighted by molar-refractivity contribution is 6.24. The number of rotatable bonds is 7. The van der Waals surface area contributed by atoms with Crippen LogP contribution in [0.1, 0.15) is 60.3 Å². The number of carbonyl (C=O) groups is 4. The first-order valence-corrected chi connectivity index (χ1v) is 15.4. The van der Waals surface area contributed by atoms with Gasteiger partial charge in [0.25, 0.3) is 0 Å². The fourth-order valence-corrected chi connectivity index (χ4v) is 6.14. The second-order valence-electron chi connectivity index (χ2n) is 12.1. The van der Waals surface area contributed by atoms with Gasteiger partial charge in [-0.05, 0) is 62.2 Å². The van der Waals surface area contributed by atoms with E-state index < -0.39 is 18.3 Å². The van der Waals surface area contributed by atoms with Crippen molar-refractivity contribution in [2.45, 2.75) is 84.7 Å². The summed E-state index contributed by atoms with van der Waals surface area (Å²) in [6, 6.07) is 0. The number of epoxide rings is 1. The molecule has 2 bridgehead atoms. The van der Waals surface area contributed by atoms with Gasteiger partial charge < -0.3 is 30.0 Å². The standard InChI is InChI=1S/C34H48N2O8/c1-8-12-36-31-24-13-19(2)14-28(42-7)30(29-18-43-29)21(4)15-22(5)33(44-34(35)40)27(41-6)11-9-10-20(3)25(37)16-23(32(24)39)17-26(31)38/h9-11,15,17,19,21,27-30,33,36H,8,12-14,16,18H2,1-7H3,(H2,35,40)/b11-9-,20-10+,22-15+/t19-,21+,27+,28+,29?,30-,33+/m1/s1. The summed E-state index contributed by atoms with van der Waals surface area (Å²) in [6.45, 7) is 10.8. The molecule has 1 aliphatic heterocycles. The van der Waals surface area contributed by atoms with E-state index in [0.717, 1.165) is 12.0 Å². The summed E-state index contributed by atoms with van der Waals surface area (Å²) in [5, 5.41) is 3.17. The second-order valence-corrected chi connectivity index (χ2v) is 12.1. The maximum atomic E-state index is 13.8. The predicted octanol–water partition coefficient (Wildman–Crippen LogP) is 4.30. The van der Waals surface area contributed by atoms with E-state index in [1.807, 2.05) is 26.8 Å². The molecule has 0 radical (unpaired) electrons. The lowest BCUT2D eigenvalue weighted by atomic mass is 9.78. The van der Waals surface area contributed by atoms with Crippen LogP contribution >= 0.6 is 0 Å². The molecular formula is C34H48N2O8. The minimum absolute atomic E-state index is 0.0125. The van der Waals surface area contributed by atoms with E-state index in [2.05, 4.69) is 12.2 Å². The Bertz CT molecular complexity index is 1260. The van der Waals surface area contributed by atoms with Gasteiger partial charge >= 0.3 is 6.09 Å². The Morgan fingerprint density at radius 1 is 1.14 bits per heavy atom. The topological polar surface area (TPSA) is 147 Å². The number of hydrogen-bond acceptors (Lipinski definition) is 9. The molecule has 3 rings (SSSR count). The van der Waals surface area contributed by atoms with E-state index in [0.29, 0.717) is 42.8 Å². The summed E-state index contributed by atoms with van der Waals surface area (Å²) in [5.41, 5.74) is 7.49. The summed E-state index contributed by atoms with van der Waals surface area (Å²) in [7, 11) is 3.16. The quantitative estimate of drug-likeness (QED) is 0.244. The molecule has 7 atom stereocenters. The van der Waals surface area contributed by atoms with E-state index in [9.17, 15) is 19.2 Å². The smallest absolute Gasteiger partial charge is 0.405 e. The first-order valence-electron chi connectivity index (χ1n) is 15.4. The molecule has 1 unspecified atom stereocenters. The maximum absolute atomic E-state index is 13.8. The molecule has 1 amide bonds. The Kier molecular flexibility index (Phi) is 12.9. The molecule has 242 valence electrons. The molecule has 0 spiro atoms. The van der Waals surface area contributed by atoms with Crippen LogP contribution in [0.15, 0.2) is 58.4 Å². The largest absolute Gasteiger partial charge is 0.439 e. The summed E-state index contributed by atoms with van der Waals surface area (Å²) in [5.74, 6) is -0.961. The first-order chi connectivity index (χ1) is 20.9. The van der Waals surface area contributed by atoms with Crippen molar-refractivity contribution < 1.29 is 38.1 Å². The van der Waals surface area contributed by atoms with Gasteiger partial charge in [0.15, 0.2) is 17.7 Å². The van der Waals surface area contributed by atoms with Crippen LogP contribution < -0.4 is 11.1 Å². The van der Waals surface area contributed by atoms with E-state index in [1.54, 1.807) is 32.3 Å². The number of ketones is 3. The number of nitrogens with two attached hydrogens (primary N) is 1. The minimum Gasteiger partial charge on any atom is -0.439 e. The molecular weight excluding hydrogens is 564 g/mol. The van der Waals surface area contributed by atoms with Gasteiger partial charge in [0.05, 0.1) is 24.5 Å².